The van der Waals surface area contributed by atoms with Gasteiger partial charge in [0, 0.05) is 43.7 Å². The van der Waals surface area contributed by atoms with E-state index in [1.54, 1.807) is 0 Å². The van der Waals surface area contributed by atoms with E-state index in [1.165, 1.54) is 27.8 Å². The number of amidine groups is 1. The Labute approximate surface area is 165 Å². The largest absolute Gasteiger partial charge is 0.379 e. The van der Waals surface area contributed by atoms with Crippen LogP contribution >= 0.6 is 6.34 Å². The van der Waals surface area contributed by atoms with Gasteiger partial charge in [-0.05, 0) is 23.8 Å². The van der Waals surface area contributed by atoms with Crippen molar-refractivity contribution in [3.8, 4) is 0 Å². The zero-order valence-electron chi connectivity index (χ0n) is 15.6. The average molecular weight is 398 g/mol. The quantitative estimate of drug-likeness (QED) is 0.727. The van der Waals surface area contributed by atoms with Crippen LogP contribution in [0.3, 0.4) is 0 Å². The summed E-state index contributed by atoms with van der Waals surface area (Å²) in [6.07, 6.45) is -2.24. The van der Waals surface area contributed by atoms with Crippen LogP contribution in [0.25, 0.3) is 0 Å². The van der Waals surface area contributed by atoms with Crippen molar-refractivity contribution in [1.82, 2.24) is 4.67 Å². The first kappa shape index (κ1) is 17.4. The maximum atomic E-state index is 6.34. The maximum absolute atomic E-state index is 6.34. The Morgan fingerprint density at radius 1 is 1.11 bits per heavy atom. The maximum Gasteiger partial charge on any atom is 0.153 e. The standard InChI is InChI=1S/C20H23N4OPS/c1-22(2)16-7-8-19-18(13-16)24-14-15-5-3-4-6-17(15)20(24)21-26(19,27)23-9-11-25-12-10-23/h3-8,13H,9-12,14H2,1-2H3/t26-/m1/s1. The van der Waals surface area contributed by atoms with Gasteiger partial charge in [-0.15, -0.1) is 0 Å². The minimum atomic E-state index is -2.24. The molecule has 5 rings (SSSR count). The predicted octanol–water partition coefficient (Wildman–Crippen LogP) is 2.80. The molecule has 2 aromatic carbocycles. The van der Waals surface area contributed by atoms with Crippen molar-refractivity contribution in [3.05, 3.63) is 53.6 Å². The van der Waals surface area contributed by atoms with Crippen molar-refractivity contribution in [2.45, 2.75) is 6.54 Å². The van der Waals surface area contributed by atoms with E-state index < -0.39 is 6.34 Å². The van der Waals surface area contributed by atoms with E-state index in [2.05, 4.69) is 71.0 Å². The summed E-state index contributed by atoms with van der Waals surface area (Å²) in [5, 5.41) is 1.21. The third-order valence-corrected chi connectivity index (χ3v) is 9.68. The van der Waals surface area contributed by atoms with Crippen LogP contribution in [0.2, 0.25) is 0 Å². The van der Waals surface area contributed by atoms with E-state index >= 15 is 0 Å². The molecule has 0 N–H and O–H groups in total. The summed E-state index contributed by atoms with van der Waals surface area (Å²) in [4.78, 5) is 4.49. The van der Waals surface area contributed by atoms with E-state index in [1.807, 2.05) is 0 Å². The van der Waals surface area contributed by atoms with Crippen LogP contribution < -0.4 is 15.1 Å². The van der Waals surface area contributed by atoms with Gasteiger partial charge in [0.1, 0.15) is 5.84 Å². The molecule has 0 aromatic heterocycles. The fourth-order valence-corrected chi connectivity index (χ4v) is 7.70. The van der Waals surface area contributed by atoms with Crippen molar-refractivity contribution >= 4 is 40.7 Å². The Morgan fingerprint density at radius 2 is 1.89 bits per heavy atom. The van der Waals surface area contributed by atoms with Gasteiger partial charge in [0.25, 0.3) is 0 Å². The average Bonchev–Trinajstić information content (AvgIpc) is 3.07. The van der Waals surface area contributed by atoms with Gasteiger partial charge in [0.05, 0.1) is 25.4 Å². The van der Waals surface area contributed by atoms with E-state index in [9.17, 15) is 0 Å². The smallest absolute Gasteiger partial charge is 0.153 e. The molecule has 27 heavy (non-hydrogen) atoms. The molecule has 3 aliphatic heterocycles. The molecule has 2 aromatic rings. The van der Waals surface area contributed by atoms with E-state index in [4.69, 9.17) is 21.3 Å². The molecule has 5 nitrogen and oxygen atoms in total. The molecule has 0 amide bonds. The summed E-state index contributed by atoms with van der Waals surface area (Å²) in [6, 6.07) is 15.2. The Hall–Kier alpha value is -1.72. The van der Waals surface area contributed by atoms with Crippen molar-refractivity contribution in [1.29, 1.82) is 0 Å². The number of ether oxygens (including phenoxy) is 1. The number of hydrogen-bond donors (Lipinski definition) is 0. The zero-order valence-corrected chi connectivity index (χ0v) is 17.3. The highest BCUT2D eigenvalue weighted by Crippen LogP contribution is 2.57. The lowest BCUT2D eigenvalue weighted by Gasteiger charge is -2.40. The van der Waals surface area contributed by atoms with Crippen LogP contribution in [0, 0.1) is 0 Å². The van der Waals surface area contributed by atoms with Gasteiger partial charge in [0.2, 0.25) is 0 Å². The van der Waals surface area contributed by atoms with Crippen molar-refractivity contribution in [2.75, 3.05) is 50.2 Å². The fraction of sp³-hybridized carbons (Fsp3) is 0.350. The summed E-state index contributed by atoms with van der Waals surface area (Å²) in [7, 11) is 4.16. The van der Waals surface area contributed by atoms with Crippen LogP contribution in [0.4, 0.5) is 11.4 Å². The molecule has 1 atom stereocenters. The normalized spacial score (nSPS) is 24.1. The Bertz CT molecular complexity index is 984. The van der Waals surface area contributed by atoms with E-state index in [0.29, 0.717) is 0 Å². The Kier molecular flexibility index (Phi) is 4.13. The molecule has 0 spiro atoms. The molecular formula is C20H23N4OPS. The number of benzene rings is 2. The van der Waals surface area contributed by atoms with Crippen LogP contribution in [0.5, 0.6) is 0 Å². The molecule has 0 unspecified atom stereocenters. The molecule has 0 saturated carbocycles. The second kappa shape index (κ2) is 6.42. The minimum Gasteiger partial charge on any atom is -0.379 e. The molecule has 140 valence electrons. The van der Waals surface area contributed by atoms with Gasteiger partial charge >= 0.3 is 0 Å². The summed E-state index contributed by atoms with van der Waals surface area (Å²) in [6.45, 7) is 4.02. The minimum absolute atomic E-state index is 0.731. The zero-order chi connectivity index (χ0) is 18.6. The van der Waals surface area contributed by atoms with Crippen LogP contribution in [-0.2, 0) is 23.1 Å². The van der Waals surface area contributed by atoms with Crippen molar-refractivity contribution in [3.63, 3.8) is 0 Å². The first-order chi connectivity index (χ1) is 13.1. The van der Waals surface area contributed by atoms with Gasteiger partial charge in [-0.1, -0.05) is 36.1 Å². The lowest BCUT2D eigenvalue weighted by Crippen LogP contribution is -2.41. The SMILES string of the molecule is CN(C)c1ccc2c(c1)N1Cc3ccccc3C1=N[P@@]2(=S)N1CCOCC1. The monoisotopic (exact) mass is 398 g/mol. The third kappa shape index (κ3) is 2.66. The lowest BCUT2D eigenvalue weighted by molar-refractivity contribution is 0.0750. The summed E-state index contributed by atoms with van der Waals surface area (Å²) < 4.78 is 13.3. The number of hydrogen-bond acceptors (Lipinski definition) is 4. The second-order valence-electron chi connectivity index (χ2n) is 7.34. The molecule has 1 fully saturated rings. The van der Waals surface area contributed by atoms with Gasteiger partial charge in [-0.25, -0.2) is 9.43 Å². The van der Waals surface area contributed by atoms with Crippen molar-refractivity contribution < 1.29 is 4.74 Å². The molecule has 3 aliphatic rings. The Morgan fingerprint density at radius 3 is 2.67 bits per heavy atom. The topological polar surface area (TPSA) is 31.3 Å². The number of fused-ring (bicyclic) bond motifs is 5. The molecule has 0 radical (unpaired) electrons. The number of nitrogens with zero attached hydrogens (tertiary/aromatic N) is 4. The lowest BCUT2D eigenvalue weighted by atomic mass is 10.1. The number of rotatable bonds is 2. The third-order valence-electron chi connectivity index (χ3n) is 5.52. The van der Waals surface area contributed by atoms with Crippen LogP contribution in [0.1, 0.15) is 11.1 Å². The summed E-state index contributed by atoms with van der Waals surface area (Å²) >= 11 is 6.34. The highest BCUT2D eigenvalue weighted by atomic mass is 32.4. The van der Waals surface area contributed by atoms with Crippen molar-refractivity contribution in [2.24, 2.45) is 4.76 Å². The van der Waals surface area contributed by atoms with Crippen LogP contribution in [0.15, 0.2) is 47.2 Å². The molecular weight excluding hydrogens is 375 g/mol. The second-order valence-corrected chi connectivity index (χ2v) is 11.2. The van der Waals surface area contributed by atoms with Gasteiger partial charge in [-0.2, -0.15) is 0 Å². The summed E-state index contributed by atoms with van der Waals surface area (Å²) in [5.74, 6) is 1.05. The van der Waals surface area contributed by atoms with Crippen LogP contribution in [-0.4, -0.2) is 50.9 Å². The molecule has 7 heteroatoms. The van der Waals surface area contributed by atoms with Gasteiger partial charge in [0.15, 0.2) is 6.34 Å². The molecule has 0 bridgehead atoms. The summed E-state index contributed by atoms with van der Waals surface area (Å²) in [5.41, 5.74) is 4.95. The highest BCUT2D eigenvalue weighted by Gasteiger charge is 2.40. The van der Waals surface area contributed by atoms with E-state index in [0.717, 1.165) is 38.7 Å². The first-order valence-corrected chi connectivity index (χ1v) is 12.0. The molecule has 1 saturated heterocycles. The first-order valence-electron chi connectivity index (χ1n) is 9.29. The van der Waals surface area contributed by atoms with Gasteiger partial charge < -0.3 is 14.5 Å². The van der Waals surface area contributed by atoms with Gasteiger partial charge in [-0.3, -0.25) is 0 Å². The highest BCUT2D eigenvalue weighted by molar-refractivity contribution is 8.16. The predicted molar refractivity (Wildman–Crippen MR) is 116 cm³/mol. The number of morpholine rings is 1. The van der Waals surface area contributed by atoms with E-state index in [-0.39, 0.29) is 0 Å². The Balaban J connectivity index is 1.72. The number of anilines is 2. The molecule has 3 heterocycles. The fourth-order valence-electron chi connectivity index (χ4n) is 4.05. The molecule has 0 aliphatic carbocycles.